The van der Waals surface area contributed by atoms with Gasteiger partial charge in [0.05, 0.1) is 31.0 Å². The van der Waals surface area contributed by atoms with E-state index in [1.165, 1.54) is 31.2 Å². The number of carbonyl (C=O) groups is 4. The van der Waals surface area contributed by atoms with Crippen LogP contribution in [0, 0.1) is 0 Å². The number of ketones is 2. The Kier molecular flexibility index (Phi) is 14.8. The van der Waals surface area contributed by atoms with Crippen LogP contribution in [-0.4, -0.2) is 56.4 Å². The molecule has 0 saturated heterocycles. The van der Waals surface area contributed by atoms with Gasteiger partial charge in [0.1, 0.15) is 23.0 Å². The van der Waals surface area contributed by atoms with Gasteiger partial charge in [0.25, 0.3) is 0 Å². The zero-order valence-electron chi connectivity index (χ0n) is 32.4. The third-order valence-corrected chi connectivity index (χ3v) is 8.97. The fourth-order valence-electron chi connectivity index (χ4n) is 5.88. The van der Waals surface area contributed by atoms with Crippen molar-refractivity contribution in [2.75, 3.05) is 32.3 Å². The summed E-state index contributed by atoms with van der Waals surface area (Å²) < 4.78 is 61.4. The molecule has 0 aromatic heterocycles. The quantitative estimate of drug-likeness (QED) is 0.0467. The fraction of sp³-hybridized carbons (Fsp3) is 0.261. The summed E-state index contributed by atoms with van der Waals surface area (Å²) in [5, 5.41) is 3.06. The molecule has 0 radical (unpaired) electrons. The lowest BCUT2D eigenvalue weighted by Gasteiger charge is -2.14. The number of benzene rings is 5. The van der Waals surface area contributed by atoms with Crippen molar-refractivity contribution in [3.63, 3.8) is 0 Å². The van der Waals surface area contributed by atoms with E-state index >= 15 is 0 Å². The molecule has 58 heavy (non-hydrogen) atoms. The number of esters is 2. The number of alkyl halides is 3. The minimum Gasteiger partial charge on any atom is -0.462 e. The number of Topliss-reactive ketones (excluding diaryl/α,β-unsaturated/α-hetero) is 2. The molecule has 0 bridgehead atoms. The van der Waals surface area contributed by atoms with Crippen molar-refractivity contribution in [1.29, 1.82) is 0 Å². The topological polar surface area (TPSA) is 117 Å². The van der Waals surface area contributed by atoms with Gasteiger partial charge in [-0.15, -0.1) is 0 Å². The fourth-order valence-corrected chi connectivity index (χ4v) is 5.88. The van der Waals surface area contributed by atoms with Crippen molar-refractivity contribution >= 4 is 29.2 Å². The minimum atomic E-state index is -2.90. The molecule has 0 amide bonds. The van der Waals surface area contributed by atoms with E-state index in [2.05, 4.69) is 5.32 Å². The number of anilines is 1. The molecule has 0 saturated carbocycles. The van der Waals surface area contributed by atoms with Crippen LogP contribution in [0.5, 0.6) is 23.0 Å². The van der Waals surface area contributed by atoms with Crippen molar-refractivity contribution in [3.8, 4) is 34.1 Å². The number of halogens is 3. The SMILES string of the molecule is CNc1ccc(Oc2ccc(Oc3ccc(CC(=O)c4cc(-c5ccc(C(=O)OCCCC(C)(F)F)c(C(C)=O)c5)ccc4C(=O)OCCCCF)cc3)cc2)cc1. The second-order valence-corrected chi connectivity index (χ2v) is 13.6. The molecule has 9 nitrogen and oxygen atoms in total. The number of carbonyl (C=O) groups excluding carboxylic acids is 4. The third kappa shape index (κ3) is 12.3. The molecule has 0 aliphatic heterocycles. The van der Waals surface area contributed by atoms with Gasteiger partial charge < -0.3 is 24.3 Å². The Bertz CT molecular complexity index is 2200. The molecule has 0 aliphatic carbocycles. The summed E-state index contributed by atoms with van der Waals surface area (Å²) in [6.07, 6.45) is -0.0570. The highest BCUT2D eigenvalue weighted by Gasteiger charge is 2.23. The van der Waals surface area contributed by atoms with E-state index in [0.29, 0.717) is 46.1 Å². The Balaban J connectivity index is 1.31. The lowest BCUT2D eigenvalue weighted by Crippen LogP contribution is -2.15. The van der Waals surface area contributed by atoms with E-state index in [4.69, 9.17) is 18.9 Å². The first kappa shape index (κ1) is 42.7. The van der Waals surface area contributed by atoms with Crippen LogP contribution in [0.3, 0.4) is 0 Å². The van der Waals surface area contributed by atoms with E-state index in [1.807, 2.05) is 31.3 Å². The largest absolute Gasteiger partial charge is 0.462 e. The van der Waals surface area contributed by atoms with Crippen LogP contribution in [0.2, 0.25) is 0 Å². The van der Waals surface area contributed by atoms with Gasteiger partial charge in [0.2, 0.25) is 5.92 Å². The van der Waals surface area contributed by atoms with Crippen LogP contribution >= 0.6 is 0 Å². The Morgan fingerprint density at radius 3 is 1.55 bits per heavy atom. The zero-order chi connectivity index (χ0) is 41.7. The summed E-state index contributed by atoms with van der Waals surface area (Å²) >= 11 is 0. The number of rotatable bonds is 20. The van der Waals surface area contributed by atoms with Gasteiger partial charge in [-0.2, -0.15) is 0 Å². The molecule has 0 spiro atoms. The Morgan fingerprint density at radius 2 is 1.07 bits per heavy atom. The predicted molar refractivity (Wildman–Crippen MR) is 215 cm³/mol. The molecule has 5 aromatic rings. The van der Waals surface area contributed by atoms with Crippen LogP contribution in [0.25, 0.3) is 11.1 Å². The molecule has 302 valence electrons. The van der Waals surface area contributed by atoms with Crippen molar-refractivity contribution in [2.45, 2.75) is 51.9 Å². The Labute approximate surface area is 335 Å². The number of hydrogen-bond acceptors (Lipinski definition) is 9. The molecular formula is C46H44F3NO8. The van der Waals surface area contributed by atoms with Crippen LogP contribution in [0.15, 0.2) is 109 Å². The standard InChI is InChI=1S/C46H44F3NO8/c1-30(51)41-28-32(9-21-39(41)44(53)56-26-6-23-46(2,48)49)33-10-22-40(45(54)55-25-5-4-24-47)42(29-33)43(52)27-31-7-13-35(14-8-31)57-37-17-19-38(20-18-37)58-36-15-11-34(50-3)12-16-36/h7-22,28-29,50H,4-6,23-27H2,1-3H3. The Hall–Kier alpha value is -6.43. The van der Waals surface area contributed by atoms with Crippen molar-refractivity contribution < 1.29 is 51.3 Å². The highest BCUT2D eigenvalue weighted by molar-refractivity contribution is 6.09. The number of unbranched alkanes of at least 4 members (excludes halogenated alkanes) is 1. The smallest absolute Gasteiger partial charge is 0.338 e. The van der Waals surface area contributed by atoms with E-state index in [9.17, 15) is 32.3 Å². The maximum atomic E-state index is 13.9. The number of nitrogens with one attached hydrogen (secondary N) is 1. The van der Waals surface area contributed by atoms with E-state index in [1.54, 1.807) is 60.7 Å². The van der Waals surface area contributed by atoms with Crippen LogP contribution in [0.4, 0.5) is 18.9 Å². The van der Waals surface area contributed by atoms with Gasteiger partial charge in [-0.3, -0.25) is 14.0 Å². The first-order valence-electron chi connectivity index (χ1n) is 18.8. The lowest BCUT2D eigenvalue weighted by atomic mass is 9.92. The normalized spacial score (nSPS) is 11.1. The van der Waals surface area contributed by atoms with Crippen LogP contribution in [-0.2, 0) is 15.9 Å². The number of ether oxygens (including phenoxy) is 4. The van der Waals surface area contributed by atoms with Crippen molar-refractivity contribution in [1.82, 2.24) is 0 Å². The number of hydrogen-bond donors (Lipinski definition) is 1. The summed E-state index contributed by atoms with van der Waals surface area (Å²) in [7, 11) is 1.84. The molecule has 0 unspecified atom stereocenters. The average Bonchev–Trinajstić information content (AvgIpc) is 3.22. The monoisotopic (exact) mass is 795 g/mol. The van der Waals surface area contributed by atoms with Gasteiger partial charge in [-0.25, -0.2) is 18.4 Å². The van der Waals surface area contributed by atoms with E-state index < -0.39 is 42.5 Å². The van der Waals surface area contributed by atoms with Gasteiger partial charge in [0.15, 0.2) is 11.6 Å². The highest BCUT2D eigenvalue weighted by Crippen LogP contribution is 2.30. The minimum absolute atomic E-state index is 0.0148. The maximum Gasteiger partial charge on any atom is 0.338 e. The van der Waals surface area contributed by atoms with E-state index in [0.717, 1.165) is 12.6 Å². The zero-order valence-corrected chi connectivity index (χ0v) is 32.4. The Morgan fingerprint density at radius 1 is 0.603 bits per heavy atom. The molecule has 5 rings (SSSR count). The van der Waals surface area contributed by atoms with Gasteiger partial charge >= 0.3 is 11.9 Å². The first-order valence-corrected chi connectivity index (χ1v) is 18.8. The lowest BCUT2D eigenvalue weighted by molar-refractivity contribution is 0.00248. The van der Waals surface area contributed by atoms with Gasteiger partial charge in [-0.05, 0) is 135 Å². The molecule has 0 fully saturated rings. The van der Waals surface area contributed by atoms with Gasteiger partial charge in [-0.1, -0.05) is 24.3 Å². The molecule has 1 N–H and O–H groups in total. The molecule has 12 heteroatoms. The first-order chi connectivity index (χ1) is 27.8. The summed E-state index contributed by atoms with van der Waals surface area (Å²) in [5.41, 5.74) is 2.63. The summed E-state index contributed by atoms with van der Waals surface area (Å²) in [6.45, 7) is 1.23. The molecule has 0 heterocycles. The molecule has 0 aliphatic rings. The third-order valence-electron chi connectivity index (χ3n) is 8.97. The maximum absolute atomic E-state index is 13.9. The van der Waals surface area contributed by atoms with Gasteiger partial charge in [0, 0.05) is 36.7 Å². The van der Waals surface area contributed by atoms with Crippen molar-refractivity contribution in [3.05, 3.63) is 137 Å². The summed E-state index contributed by atoms with van der Waals surface area (Å²) in [4.78, 5) is 52.5. The predicted octanol–water partition coefficient (Wildman–Crippen LogP) is 11.1. The highest BCUT2D eigenvalue weighted by atomic mass is 19.3. The summed E-state index contributed by atoms with van der Waals surface area (Å²) in [5.74, 6) is -2.88. The van der Waals surface area contributed by atoms with E-state index in [-0.39, 0.29) is 54.7 Å². The second kappa shape index (κ2) is 20.1. The second-order valence-electron chi connectivity index (χ2n) is 13.6. The van der Waals surface area contributed by atoms with Crippen LogP contribution < -0.4 is 14.8 Å². The van der Waals surface area contributed by atoms with Crippen molar-refractivity contribution in [2.24, 2.45) is 0 Å². The van der Waals surface area contributed by atoms with Crippen LogP contribution in [0.1, 0.15) is 86.5 Å². The average molecular weight is 796 g/mol. The molecular weight excluding hydrogens is 751 g/mol. The summed E-state index contributed by atoms with van der Waals surface area (Å²) in [6, 6.07) is 30.6. The molecule has 0 atom stereocenters. The molecule has 5 aromatic carbocycles.